The van der Waals surface area contributed by atoms with E-state index in [9.17, 15) is 4.79 Å². The summed E-state index contributed by atoms with van der Waals surface area (Å²) >= 11 is 4.75. The standard InChI is InChI=1S/C13H18N2O3S/c1-15(6-5-12(14)19)13(17)9-18-11-4-2-3-10(7-11)8-16/h2-4,7,16H,5-6,8-9H2,1H3,(H2,14,19). The number of rotatable bonds is 7. The van der Waals surface area contributed by atoms with E-state index in [-0.39, 0.29) is 19.1 Å². The minimum Gasteiger partial charge on any atom is -0.484 e. The van der Waals surface area contributed by atoms with Gasteiger partial charge in [-0.15, -0.1) is 0 Å². The highest BCUT2D eigenvalue weighted by atomic mass is 32.1. The summed E-state index contributed by atoms with van der Waals surface area (Å²) in [5.41, 5.74) is 6.12. The summed E-state index contributed by atoms with van der Waals surface area (Å²) in [6.07, 6.45) is 0.498. The summed E-state index contributed by atoms with van der Waals surface area (Å²) in [5, 5.41) is 8.99. The zero-order valence-electron chi connectivity index (χ0n) is 10.8. The van der Waals surface area contributed by atoms with Crippen LogP contribution < -0.4 is 10.5 Å². The number of carbonyl (C=O) groups excluding carboxylic acids is 1. The Morgan fingerprint density at radius 3 is 2.89 bits per heavy atom. The average Bonchev–Trinajstić information content (AvgIpc) is 2.42. The summed E-state index contributed by atoms with van der Waals surface area (Å²) in [4.78, 5) is 13.7. The van der Waals surface area contributed by atoms with Crippen molar-refractivity contribution in [1.82, 2.24) is 4.90 Å². The number of hydrogen-bond donors (Lipinski definition) is 2. The van der Waals surface area contributed by atoms with E-state index in [0.29, 0.717) is 23.7 Å². The van der Waals surface area contributed by atoms with Gasteiger partial charge in [0.2, 0.25) is 0 Å². The van der Waals surface area contributed by atoms with Crippen molar-refractivity contribution in [3.8, 4) is 5.75 Å². The maximum atomic E-state index is 11.8. The fourth-order valence-electron chi connectivity index (χ4n) is 1.39. The van der Waals surface area contributed by atoms with E-state index >= 15 is 0 Å². The molecule has 0 atom stereocenters. The SMILES string of the molecule is CN(CCC(N)=S)C(=O)COc1cccc(CO)c1. The summed E-state index contributed by atoms with van der Waals surface area (Å²) in [6, 6.07) is 6.98. The van der Waals surface area contributed by atoms with Crippen LogP contribution in [-0.2, 0) is 11.4 Å². The monoisotopic (exact) mass is 282 g/mol. The number of nitrogens with two attached hydrogens (primary N) is 1. The quantitative estimate of drug-likeness (QED) is 0.720. The second-order valence-electron chi connectivity index (χ2n) is 4.13. The molecule has 5 nitrogen and oxygen atoms in total. The Balaban J connectivity index is 2.42. The Hall–Kier alpha value is -1.66. The molecule has 1 rings (SSSR count). The van der Waals surface area contributed by atoms with Crippen LogP contribution in [0.3, 0.4) is 0 Å². The number of thiocarbonyl (C=S) groups is 1. The van der Waals surface area contributed by atoms with Gasteiger partial charge in [-0.2, -0.15) is 0 Å². The van der Waals surface area contributed by atoms with E-state index < -0.39 is 0 Å². The third kappa shape index (κ3) is 5.67. The van der Waals surface area contributed by atoms with Crippen LogP contribution in [0.4, 0.5) is 0 Å². The summed E-state index contributed by atoms with van der Waals surface area (Å²) in [6.45, 7) is 0.371. The van der Waals surface area contributed by atoms with Crippen molar-refractivity contribution in [1.29, 1.82) is 0 Å². The van der Waals surface area contributed by atoms with Gasteiger partial charge in [0.25, 0.3) is 5.91 Å². The Kier molecular flexibility index (Phi) is 6.24. The third-order valence-corrected chi connectivity index (χ3v) is 2.77. The first-order chi connectivity index (χ1) is 9.02. The van der Waals surface area contributed by atoms with E-state index in [2.05, 4.69) is 0 Å². The number of carbonyl (C=O) groups is 1. The third-order valence-electron chi connectivity index (χ3n) is 2.56. The van der Waals surface area contributed by atoms with Gasteiger partial charge in [-0.3, -0.25) is 4.79 Å². The van der Waals surface area contributed by atoms with Gasteiger partial charge in [-0.25, -0.2) is 0 Å². The van der Waals surface area contributed by atoms with Gasteiger partial charge < -0.3 is 20.5 Å². The van der Waals surface area contributed by atoms with Gasteiger partial charge in [0.05, 0.1) is 11.6 Å². The molecule has 1 aromatic rings. The normalized spacial score (nSPS) is 10.0. The fourth-order valence-corrected chi connectivity index (χ4v) is 1.48. The molecule has 0 aliphatic carbocycles. The van der Waals surface area contributed by atoms with Crippen LogP contribution in [0.1, 0.15) is 12.0 Å². The van der Waals surface area contributed by atoms with Crippen molar-refractivity contribution >= 4 is 23.1 Å². The Morgan fingerprint density at radius 1 is 1.53 bits per heavy atom. The zero-order valence-corrected chi connectivity index (χ0v) is 11.7. The number of aliphatic hydroxyl groups excluding tert-OH is 1. The predicted molar refractivity (Wildman–Crippen MR) is 76.9 cm³/mol. The van der Waals surface area contributed by atoms with E-state index in [1.165, 1.54) is 4.90 Å². The number of benzene rings is 1. The van der Waals surface area contributed by atoms with Gasteiger partial charge in [-0.1, -0.05) is 24.4 Å². The van der Waals surface area contributed by atoms with Crippen LogP contribution in [0.5, 0.6) is 5.75 Å². The molecule has 0 aliphatic rings. The van der Waals surface area contributed by atoms with Crippen LogP contribution in [0, 0.1) is 0 Å². The molecule has 3 N–H and O–H groups in total. The molecule has 6 heteroatoms. The fraction of sp³-hybridized carbons (Fsp3) is 0.385. The van der Waals surface area contributed by atoms with E-state index in [1.54, 1.807) is 31.3 Å². The molecule has 0 heterocycles. The molecule has 0 bridgehead atoms. The van der Waals surface area contributed by atoms with Crippen LogP contribution in [0.2, 0.25) is 0 Å². The molecule has 0 saturated heterocycles. The molecule has 0 unspecified atom stereocenters. The molecule has 0 saturated carbocycles. The Bertz CT molecular complexity index is 451. The minimum atomic E-state index is -0.148. The second kappa shape index (κ2) is 7.70. The first kappa shape index (κ1) is 15.4. The molecule has 0 spiro atoms. The summed E-state index contributed by atoms with van der Waals surface area (Å²) in [5.74, 6) is 0.410. The first-order valence-corrected chi connectivity index (χ1v) is 6.28. The van der Waals surface area contributed by atoms with E-state index in [4.69, 9.17) is 27.8 Å². The molecule has 104 valence electrons. The Morgan fingerprint density at radius 2 is 2.26 bits per heavy atom. The second-order valence-corrected chi connectivity index (χ2v) is 4.65. The number of amides is 1. The molecule has 1 amide bonds. The lowest BCUT2D eigenvalue weighted by Crippen LogP contribution is -2.33. The van der Waals surface area contributed by atoms with Crippen molar-refractivity contribution in [2.45, 2.75) is 13.0 Å². The van der Waals surface area contributed by atoms with E-state index in [1.807, 2.05) is 0 Å². The smallest absolute Gasteiger partial charge is 0.260 e. The highest BCUT2D eigenvalue weighted by Gasteiger charge is 2.09. The van der Waals surface area contributed by atoms with Crippen molar-refractivity contribution in [2.24, 2.45) is 5.73 Å². The molecule has 0 fully saturated rings. The molecule has 1 aromatic carbocycles. The largest absolute Gasteiger partial charge is 0.484 e. The van der Waals surface area contributed by atoms with Crippen molar-refractivity contribution in [3.05, 3.63) is 29.8 Å². The maximum absolute atomic E-state index is 11.8. The number of nitrogens with zero attached hydrogens (tertiary/aromatic N) is 1. The Labute approximate surface area is 118 Å². The van der Waals surface area contributed by atoms with Crippen molar-refractivity contribution < 1.29 is 14.6 Å². The van der Waals surface area contributed by atoms with Crippen LogP contribution in [0.15, 0.2) is 24.3 Å². The number of aliphatic hydroxyl groups is 1. The van der Waals surface area contributed by atoms with Gasteiger partial charge in [0.1, 0.15) is 5.75 Å². The average molecular weight is 282 g/mol. The lowest BCUT2D eigenvalue weighted by atomic mass is 10.2. The zero-order chi connectivity index (χ0) is 14.3. The van der Waals surface area contributed by atoms with Crippen LogP contribution >= 0.6 is 12.2 Å². The van der Waals surface area contributed by atoms with Gasteiger partial charge in [0.15, 0.2) is 6.61 Å². The molecule has 0 aliphatic heterocycles. The van der Waals surface area contributed by atoms with Gasteiger partial charge in [-0.05, 0) is 17.7 Å². The lowest BCUT2D eigenvalue weighted by Gasteiger charge is -2.17. The van der Waals surface area contributed by atoms with Crippen molar-refractivity contribution in [3.63, 3.8) is 0 Å². The maximum Gasteiger partial charge on any atom is 0.260 e. The minimum absolute atomic E-state index is 0.0529. The molecular weight excluding hydrogens is 264 g/mol. The molecular formula is C13H18N2O3S. The van der Waals surface area contributed by atoms with Crippen LogP contribution in [0.25, 0.3) is 0 Å². The van der Waals surface area contributed by atoms with Crippen LogP contribution in [-0.4, -0.2) is 41.1 Å². The summed E-state index contributed by atoms with van der Waals surface area (Å²) in [7, 11) is 1.67. The number of hydrogen-bond acceptors (Lipinski definition) is 4. The highest BCUT2D eigenvalue weighted by molar-refractivity contribution is 7.80. The topological polar surface area (TPSA) is 75.8 Å². The summed E-state index contributed by atoms with van der Waals surface area (Å²) < 4.78 is 5.37. The van der Waals surface area contributed by atoms with Gasteiger partial charge in [0, 0.05) is 20.0 Å². The number of ether oxygens (including phenoxy) is 1. The van der Waals surface area contributed by atoms with Crippen molar-refractivity contribution in [2.75, 3.05) is 20.2 Å². The molecule has 19 heavy (non-hydrogen) atoms. The number of likely N-dealkylation sites (N-methyl/N-ethyl adjacent to an activating group) is 1. The van der Waals surface area contributed by atoms with E-state index in [0.717, 1.165) is 5.56 Å². The molecule has 0 aromatic heterocycles. The predicted octanol–water partition coefficient (Wildman–Crippen LogP) is 0.692. The highest BCUT2D eigenvalue weighted by Crippen LogP contribution is 2.13. The van der Waals surface area contributed by atoms with Gasteiger partial charge >= 0.3 is 0 Å². The lowest BCUT2D eigenvalue weighted by molar-refractivity contribution is -0.131. The molecule has 0 radical (unpaired) electrons. The first-order valence-electron chi connectivity index (χ1n) is 5.88.